The lowest BCUT2D eigenvalue weighted by Crippen LogP contribution is -2.19. The molecular weight excluding hydrogens is 632 g/mol. The number of hydrogen-bond donors (Lipinski definition) is 2. The zero-order valence-corrected chi connectivity index (χ0v) is 25.1. The van der Waals surface area contributed by atoms with Crippen molar-refractivity contribution in [3.63, 3.8) is 0 Å². The summed E-state index contributed by atoms with van der Waals surface area (Å²) in [4.78, 5) is 52.6. The van der Waals surface area contributed by atoms with Gasteiger partial charge in [0.2, 0.25) is 0 Å². The Morgan fingerprint density at radius 3 is 2.56 bits per heavy atom. The summed E-state index contributed by atoms with van der Waals surface area (Å²) in [5.74, 6) is -0.633. The summed E-state index contributed by atoms with van der Waals surface area (Å²) < 4.78 is 0.681. The molecule has 4 aromatic heterocycles. The molecule has 1 unspecified atom stereocenters. The SMILES string of the molecule is O=C(Nc1ccc(Cc2cnc(C(=O)Nc3ccc4ncccc4c3)cn2)c2cccnc12)/C(=C/c1cccc(Br)n1)C1C=N1. The molecule has 5 heterocycles. The van der Waals surface area contributed by atoms with Gasteiger partial charge in [-0.15, -0.1) is 0 Å². The molecule has 2 amide bonds. The first-order chi connectivity index (χ1) is 22.0. The molecule has 45 heavy (non-hydrogen) atoms. The number of aliphatic imine (C=N–C) groups is 1. The van der Waals surface area contributed by atoms with E-state index in [4.69, 9.17) is 0 Å². The number of fused-ring (bicyclic) bond motifs is 2. The Kier molecular flexibility index (Phi) is 7.58. The summed E-state index contributed by atoms with van der Waals surface area (Å²) in [5.41, 5.74) is 5.71. The molecule has 0 radical (unpaired) electrons. The average Bonchev–Trinajstić information content (AvgIpc) is 3.91. The maximum absolute atomic E-state index is 13.4. The third kappa shape index (κ3) is 6.34. The lowest BCUT2D eigenvalue weighted by Gasteiger charge is -2.13. The molecule has 1 aliphatic rings. The van der Waals surface area contributed by atoms with Gasteiger partial charge in [-0.3, -0.25) is 29.5 Å². The Morgan fingerprint density at radius 2 is 1.73 bits per heavy atom. The number of anilines is 2. The highest BCUT2D eigenvalue weighted by Gasteiger charge is 2.26. The zero-order valence-electron chi connectivity index (χ0n) is 23.6. The highest BCUT2D eigenvalue weighted by Crippen LogP contribution is 2.28. The van der Waals surface area contributed by atoms with Crippen molar-refractivity contribution in [2.24, 2.45) is 4.99 Å². The molecule has 6 aromatic rings. The van der Waals surface area contributed by atoms with Crippen molar-refractivity contribution in [2.75, 3.05) is 10.6 Å². The first-order valence-electron chi connectivity index (χ1n) is 14.0. The van der Waals surface area contributed by atoms with Crippen LogP contribution in [0.25, 0.3) is 27.9 Å². The van der Waals surface area contributed by atoms with Crippen molar-refractivity contribution < 1.29 is 9.59 Å². The van der Waals surface area contributed by atoms with Crippen LogP contribution < -0.4 is 10.6 Å². The number of halogens is 1. The number of nitrogens with one attached hydrogen (secondary N) is 2. The highest BCUT2D eigenvalue weighted by atomic mass is 79.9. The van der Waals surface area contributed by atoms with Gasteiger partial charge in [-0.25, -0.2) is 9.97 Å². The van der Waals surface area contributed by atoms with E-state index in [1.807, 2.05) is 66.7 Å². The van der Waals surface area contributed by atoms with Crippen molar-refractivity contribution in [2.45, 2.75) is 12.5 Å². The highest BCUT2D eigenvalue weighted by molar-refractivity contribution is 9.10. The van der Waals surface area contributed by atoms with Gasteiger partial charge in [0.05, 0.1) is 34.3 Å². The molecule has 0 fully saturated rings. The van der Waals surface area contributed by atoms with E-state index in [2.05, 4.69) is 56.5 Å². The number of nitrogens with zero attached hydrogens (tertiary/aromatic N) is 6. The second-order valence-electron chi connectivity index (χ2n) is 10.3. The van der Waals surface area contributed by atoms with Crippen molar-refractivity contribution in [3.8, 4) is 0 Å². The van der Waals surface area contributed by atoms with Gasteiger partial charge in [0.25, 0.3) is 11.8 Å². The van der Waals surface area contributed by atoms with Crippen LogP contribution in [0.1, 0.15) is 27.4 Å². The molecule has 2 aromatic carbocycles. The number of hydrogen-bond acceptors (Lipinski definition) is 8. The molecule has 218 valence electrons. The first-order valence-corrected chi connectivity index (χ1v) is 14.8. The second-order valence-corrected chi connectivity index (χ2v) is 11.1. The molecule has 0 saturated heterocycles. The van der Waals surface area contributed by atoms with E-state index in [1.54, 1.807) is 36.9 Å². The lowest BCUT2D eigenvalue weighted by atomic mass is 10.0. The smallest absolute Gasteiger partial charge is 0.275 e. The summed E-state index contributed by atoms with van der Waals surface area (Å²) in [6, 6.07) is 22.1. The number of carbonyl (C=O) groups is 2. The Labute approximate surface area is 265 Å². The fourth-order valence-electron chi connectivity index (χ4n) is 4.94. The predicted molar refractivity (Wildman–Crippen MR) is 177 cm³/mol. The molecule has 0 spiro atoms. The van der Waals surface area contributed by atoms with Crippen molar-refractivity contribution in [1.82, 2.24) is 24.9 Å². The molecule has 0 bridgehead atoms. The monoisotopic (exact) mass is 654 g/mol. The van der Waals surface area contributed by atoms with E-state index in [-0.39, 0.29) is 23.6 Å². The van der Waals surface area contributed by atoms with Crippen LogP contribution in [-0.4, -0.2) is 49.0 Å². The van der Waals surface area contributed by atoms with Gasteiger partial charge < -0.3 is 10.6 Å². The Balaban J connectivity index is 1.07. The third-order valence-electron chi connectivity index (χ3n) is 7.20. The van der Waals surface area contributed by atoms with E-state index < -0.39 is 0 Å². The number of carbonyl (C=O) groups excluding carboxylic acids is 2. The fraction of sp³-hybridized carbons (Fsp3) is 0.0588. The van der Waals surface area contributed by atoms with Crippen LogP contribution in [0.15, 0.2) is 113 Å². The van der Waals surface area contributed by atoms with Crippen LogP contribution in [0.2, 0.25) is 0 Å². The number of amides is 2. The summed E-state index contributed by atoms with van der Waals surface area (Å²) >= 11 is 3.37. The molecule has 1 atom stereocenters. The number of rotatable bonds is 8. The summed E-state index contributed by atoms with van der Waals surface area (Å²) in [6.07, 6.45) is 10.4. The minimum Gasteiger partial charge on any atom is -0.321 e. The van der Waals surface area contributed by atoms with Crippen LogP contribution in [0.5, 0.6) is 0 Å². The van der Waals surface area contributed by atoms with E-state index >= 15 is 0 Å². The lowest BCUT2D eigenvalue weighted by molar-refractivity contribution is -0.112. The molecule has 10 nitrogen and oxygen atoms in total. The third-order valence-corrected chi connectivity index (χ3v) is 7.64. The maximum Gasteiger partial charge on any atom is 0.275 e. The quantitative estimate of drug-likeness (QED) is 0.151. The molecule has 0 aliphatic carbocycles. The fourth-order valence-corrected chi connectivity index (χ4v) is 5.30. The first kappa shape index (κ1) is 28.1. The molecule has 11 heteroatoms. The molecule has 0 saturated carbocycles. The topological polar surface area (TPSA) is 135 Å². The van der Waals surface area contributed by atoms with Crippen LogP contribution in [0.4, 0.5) is 11.4 Å². The molecule has 1 aliphatic heterocycles. The van der Waals surface area contributed by atoms with Gasteiger partial charge in [-0.2, -0.15) is 0 Å². The number of benzene rings is 2. The predicted octanol–water partition coefficient (Wildman–Crippen LogP) is 6.05. The van der Waals surface area contributed by atoms with Crippen LogP contribution >= 0.6 is 15.9 Å². The van der Waals surface area contributed by atoms with Gasteiger partial charge >= 0.3 is 0 Å². The van der Waals surface area contributed by atoms with Gasteiger partial charge in [-0.1, -0.05) is 24.3 Å². The maximum atomic E-state index is 13.4. The largest absolute Gasteiger partial charge is 0.321 e. The van der Waals surface area contributed by atoms with Gasteiger partial charge in [-0.05, 0) is 76.1 Å². The van der Waals surface area contributed by atoms with Gasteiger partial charge in [0, 0.05) is 53.3 Å². The van der Waals surface area contributed by atoms with Crippen LogP contribution in [0, 0.1) is 0 Å². The summed E-state index contributed by atoms with van der Waals surface area (Å²) in [7, 11) is 0. The minimum absolute atomic E-state index is 0.205. The zero-order chi connectivity index (χ0) is 30.8. The molecular formula is C34H23BrN8O2. The van der Waals surface area contributed by atoms with Gasteiger partial charge in [0.1, 0.15) is 16.3 Å². The Morgan fingerprint density at radius 1 is 0.867 bits per heavy atom. The van der Waals surface area contributed by atoms with Gasteiger partial charge in [0.15, 0.2) is 0 Å². The van der Waals surface area contributed by atoms with E-state index in [0.717, 1.165) is 21.9 Å². The Bertz CT molecular complexity index is 2160. The van der Waals surface area contributed by atoms with Crippen LogP contribution in [-0.2, 0) is 11.2 Å². The van der Waals surface area contributed by atoms with E-state index in [1.165, 1.54) is 6.20 Å². The molecule has 2 N–H and O–H groups in total. The van der Waals surface area contributed by atoms with E-state index in [9.17, 15) is 9.59 Å². The standard InChI is InChI=1S/C34H23BrN8O2/c35-31-7-1-5-22(41-31)16-26(29-18-40-29)33(44)43-28-10-8-20(25-6-3-13-37-32(25)28)14-24-17-39-30(19-38-24)34(45)42-23-9-11-27-21(15-23)4-2-12-36-27/h1-13,15-19,29H,14H2,(H,42,45)(H,43,44)/b26-16+. The van der Waals surface area contributed by atoms with Crippen molar-refractivity contribution in [1.29, 1.82) is 0 Å². The van der Waals surface area contributed by atoms with Crippen molar-refractivity contribution >= 4 is 73.2 Å². The van der Waals surface area contributed by atoms with Crippen molar-refractivity contribution in [3.05, 3.63) is 130 Å². The average molecular weight is 656 g/mol. The molecule has 7 rings (SSSR count). The summed E-state index contributed by atoms with van der Waals surface area (Å²) in [5, 5.41) is 7.68. The van der Waals surface area contributed by atoms with E-state index in [0.29, 0.717) is 44.9 Å². The number of pyridine rings is 3. The normalized spacial score (nSPS) is 14.0. The summed E-state index contributed by atoms with van der Waals surface area (Å²) in [6.45, 7) is 0. The van der Waals surface area contributed by atoms with Crippen LogP contribution in [0.3, 0.4) is 0 Å². The Hall–Kier alpha value is -5.68. The minimum atomic E-state index is -0.354. The second kappa shape index (κ2) is 12.1. The number of aromatic nitrogens is 5.